The summed E-state index contributed by atoms with van der Waals surface area (Å²) in [7, 11) is 0. The van der Waals surface area contributed by atoms with Gasteiger partial charge in [0.25, 0.3) is 0 Å². The Morgan fingerprint density at radius 2 is 2.26 bits per heavy atom. The first-order valence-corrected chi connectivity index (χ1v) is 6.27. The maximum Gasteiger partial charge on any atom is 0.243 e. The van der Waals surface area contributed by atoms with Gasteiger partial charge in [0, 0.05) is 12.5 Å². The van der Waals surface area contributed by atoms with E-state index in [1.807, 2.05) is 36.1 Å². The number of carbonyl (C=O) groups excluding carboxylic acids is 2. The summed E-state index contributed by atoms with van der Waals surface area (Å²) in [6, 6.07) is 7.74. The standard InChI is InChI=1S/C13H18N4O2/c1-9(6-7-12(18)16-14)17-8-13(19)15-10-4-2-3-5-11(10)17/h2-5,9H,6-8,14H2,1H3,(H,15,19)(H,16,18). The predicted molar refractivity (Wildman–Crippen MR) is 73.4 cm³/mol. The smallest absolute Gasteiger partial charge is 0.243 e. The van der Waals surface area contributed by atoms with E-state index >= 15 is 0 Å². The van der Waals surface area contributed by atoms with E-state index in [2.05, 4.69) is 10.7 Å². The average molecular weight is 262 g/mol. The van der Waals surface area contributed by atoms with Crippen LogP contribution >= 0.6 is 0 Å². The lowest BCUT2D eigenvalue weighted by atomic mass is 10.1. The largest absolute Gasteiger partial charge is 0.358 e. The number of hydrogen-bond acceptors (Lipinski definition) is 4. The number of hydrogen-bond donors (Lipinski definition) is 3. The Hall–Kier alpha value is -2.08. The highest BCUT2D eigenvalue weighted by Crippen LogP contribution is 2.31. The van der Waals surface area contributed by atoms with Gasteiger partial charge < -0.3 is 10.2 Å². The quantitative estimate of drug-likeness (QED) is 0.421. The first kappa shape index (κ1) is 13.4. The van der Waals surface area contributed by atoms with Crippen LogP contribution < -0.4 is 21.5 Å². The van der Waals surface area contributed by atoms with Gasteiger partial charge in [-0.25, -0.2) is 5.84 Å². The molecule has 0 spiro atoms. The molecule has 6 nitrogen and oxygen atoms in total. The maximum atomic E-state index is 11.7. The molecule has 0 saturated carbocycles. The van der Waals surface area contributed by atoms with Gasteiger partial charge >= 0.3 is 0 Å². The highest BCUT2D eigenvalue weighted by molar-refractivity contribution is 6.01. The number of anilines is 2. The molecule has 2 rings (SSSR count). The number of fused-ring (bicyclic) bond motifs is 1. The maximum absolute atomic E-state index is 11.7. The number of hydrazine groups is 1. The van der Waals surface area contributed by atoms with E-state index < -0.39 is 0 Å². The van der Waals surface area contributed by atoms with Crippen molar-refractivity contribution in [2.75, 3.05) is 16.8 Å². The number of carbonyl (C=O) groups is 2. The molecular weight excluding hydrogens is 244 g/mol. The average Bonchev–Trinajstić information content (AvgIpc) is 2.43. The van der Waals surface area contributed by atoms with Gasteiger partial charge in [-0.1, -0.05) is 12.1 Å². The van der Waals surface area contributed by atoms with Crippen LogP contribution in [0.2, 0.25) is 0 Å². The molecule has 1 aliphatic rings. The van der Waals surface area contributed by atoms with Gasteiger partial charge in [0.1, 0.15) is 0 Å². The van der Waals surface area contributed by atoms with Crippen molar-refractivity contribution in [2.45, 2.75) is 25.8 Å². The molecule has 0 fully saturated rings. The Morgan fingerprint density at radius 1 is 1.53 bits per heavy atom. The number of rotatable bonds is 4. The lowest BCUT2D eigenvalue weighted by Gasteiger charge is -2.35. The van der Waals surface area contributed by atoms with E-state index in [0.717, 1.165) is 11.4 Å². The van der Waals surface area contributed by atoms with Crippen LogP contribution in [0.5, 0.6) is 0 Å². The van der Waals surface area contributed by atoms with E-state index in [0.29, 0.717) is 19.4 Å². The van der Waals surface area contributed by atoms with Crippen molar-refractivity contribution in [1.82, 2.24) is 5.43 Å². The van der Waals surface area contributed by atoms with Gasteiger partial charge in [0.05, 0.1) is 17.9 Å². The summed E-state index contributed by atoms with van der Waals surface area (Å²) < 4.78 is 0. The molecule has 0 radical (unpaired) electrons. The zero-order valence-electron chi connectivity index (χ0n) is 10.8. The van der Waals surface area contributed by atoms with Crippen LogP contribution in [0.3, 0.4) is 0 Å². The summed E-state index contributed by atoms with van der Waals surface area (Å²) in [4.78, 5) is 24.9. The van der Waals surface area contributed by atoms with Crippen molar-refractivity contribution in [1.29, 1.82) is 0 Å². The Labute approximate surface area is 111 Å². The van der Waals surface area contributed by atoms with Gasteiger partial charge in [-0.05, 0) is 25.5 Å². The van der Waals surface area contributed by atoms with E-state index in [1.54, 1.807) is 0 Å². The predicted octanol–water partition coefficient (Wildman–Crippen LogP) is 0.604. The van der Waals surface area contributed by atoms with Crippen molar-refractivity contribution < 1.29 is 9.59 Å². The van der Waals surface area contributed by atoms with E-state index in [-0.39, 0.29) is 17.9 Å². The summed E-state index contributed by atoms with van der Waals surface area (Å²) in [6.45, 7) is 2.31. The molecule has 102 valence electrons. The molecule has 19 heavy (non-hydrogen) atoms. The van der Waals surface area contributed by atoms with Crippen molar-refractivity contribution >= 4 is 23.2 Å². The SMILES string of the molecule is CC(CCC(=O)NN)N1CC(=O)Nc2ccccc21. The van der Waals surface area contributed by atoms with Crippen LogP contribution in [0.1, 0.15) is 19.8 Å². The van der Waals surface area contributed by atoms with E-state index in [4.69, 9.17) is 5.84 Å². The summed E-state index contributed by atoms with van der Waals surface area (Å²) in [6.07, 6.45) is 0.989. The Bertz CT molecular complexity index is 489. The van der Waals surface area contributed by atoms with Crippen molar-refractivity contribution in [2.24, 2.45) is 5.84 Å². The first-order valence-electron chi connectivity index (χ1n) is 6.27. The molecule has 2 amide bonds. The van der Waals surface area contributed by atoms with Crippen molar-refractivity contribution in [3.8, 4) is 0 Å². The minimum absolute atomic E-state index is 0.0335. The monoisotopic (exact) mass is 262 g/mol. The molecule has 1 aromatic carbocycles. The molecule has 1 heterocycles. The van der Waals surface area contributed by atoms with Gasteiger partial charge in [-0.3, -0.25) is 15.0 Å². The summed E-state index contributed by atoms with van der Waals surface area (Å²) in [5.41, 5.74) is 3.92. The number of nitrogens with one attached hydrogen (secondary N) is 2. The van der Waals surface area contributed by atoms with Crippen molar-refractivity contribution in [3.05, 3.63) is 24.3 Å². The summed E-state index contributed by atoms with van der Waals surface area (Å²) in [5, 5.41) is 2.84. The molecule has 0 saturated heterocycles. The second-order valence-corrected chi connectivity index (χ2v) is 4.65. The van der Waals surface area contributed by atoms with Crippen LogP contribution in [-0.2, 0) is 9.59 Å². The third-order valence-corrected chi connectivity index (χ3v) is 3.28. The third kappa shape index (κ3) is 3.03. The van der Waals surface area contributed by atoms with Gasteiger partial charge in [0.2, 0.25) is 11.8 Å². The number of nitrogens with zero attached hydrogens (tertiary/aromatic N) is 1. The number of amides is 2. The lowest BCUT2D eigenvalue weighted by Crippen LogP contribution is -2.44. The molecule has 4 N–H and O–H groups in total. The van der Waals surface area contributed by atoms with Crippen LogP contribution in [0, 0.1) is 0 Å². The van der Waals surface area contributed by atoms with Gasteiger partial charge in [0.15, 0.2) is 0 Å². The summed E-state index contributed by atoms with van der Waals surface area (Å²) in [5.74, 6) is 4.83. The van der Waals surface area contributed by atoms with Gasteiger partial charge in [-0.2, -0.15) is 0 Å². The molecule has 6 heteroatoms. The molecule has 0 bridgehead atoms. The highest BCUT2D eigenvalue weighted by atomic mass is 16.2. The lowest BCUT2D eigenvalue weighted by molar-refractivity contribution is -0.121. The fourth-order valence-electron chi connectivity index (χ4n) is 2.22. The Kier molecular flexibility index (Phi) is 4.01. The normalized spacial score (nSPS) is 15.5. The number of nitrogens with two attached hydrogens (primary N) is 1. The van der Waals surface area contributed by atoms with Crippen molar-refractivity contribution in [3.63, 3.8) is 0 Å². The van der Waals surface area contributed by atoms with Crippen LogP contribution in [0.4, 0.5) is 11.4 Å². The fourth-order valence-corrected chi connectivity index (χ4v) is 2.22. The molecule has 1 unspecified atom stereocenters. The number of benzene rings is 1. The minimum Gasteiger partial charge on any atom is -0.358 e. The Morgan fingerprint density at radius 3 is 3.00 bits per heavy atom. The van der Waals surface area contributed by atoms with Crippen LogP contribution in [-0.4, -0.2) is 24.4 Å². The molecular formula is C13H18N4O2. The second kappa shape index (κ2) is 5.71. The zero-order chi connectivity index (χ0) is 13.8. The molecule has 1 atom stereocenters. The second-order valence-electron chi connectivity index (χ2n) is 4.65. The van der Waals surface area contributed by atoms with E-state index in [1.165, 1.54) is 0 Å². The molecule has 1 aromatic rings. The van der Waals surface area contributed by atoms with E-state index in [9.17, 15) is 9.59 Å². The van der Waals surface area contributed by atoms with Crippen LogP contribution in [0.15, 0.2) is 24.3 Å². The molecule has 0 aromatic heterocycles. The fraction of sp³-hybridized carbons (Fsp3) is 0.385. The highest BCUT2D eigenvalue weighted by Gasteiger charge is 2.25. The minimum atomic E-state index is -0.193. The zero-order valence-corrected chi connectivity index (χ0v) is 10.8. The number of para-hydroxylation sites is 2. The summed E-state index contributed by atoms with van der Waals surface area (Å²) >= 11 is 0. The topological polar surface area (TPSA) is 87.5 Å². The Balaban J connectivity index is 2.11. The first-order chi connectivity index (χ1) is 9.11. The molecule has 1 aliphatic heterocycles. The van der Waals surface area contributed by atoms with Crippen LogP contribution in [0.25, 0.3) is 0 Å². The third-order valence-electron chi connectivity index (χ3n) is 3.28. The molecule has 0 aliphatic carbocycles. The van der Waals surface area contributed by atoms with Gasteiger partial charge in [-0.15, -0.1) is 0 Å².